The van der Waals surface area contributed by atoms with Crippen LogP contribution in [0.15, 0.2) is 36.4 Å². The van der Waals surface area contributed by atoms with Gasteiger partial charge in [0.15, 0.2) is 5.78 Å². The summed E-state index contributed by atoms with van der Waals surface area (Å²) in [7, 11) is 0. The summed E-state index contributed by atoms with van der Waals surface area (Å²) in [6.07, 6.45) is 0. The fourth-order valence-corrected chi connectivity index (χ4v) is 3.97. The second-order valence-electron chi connectivity index (χ2n) is 6.45. The van der Waals surface area contributed by atoms with Crippen molar-refractivity contribution in [2.75, 3.05) is 31.3 Å². The molecule has 0 aliphatic carbocycles. The molecule has 1 fully saturated rings. The van der Waals surface area contributed by atoms with Crippen LogP contribution in [0.3, 0.4) is 0 Å². The Balaban J connectivity index is 1.55. The van der Waals surface area contributed by atoms with E-state index in [1.165, 1.54) is 11.8 Å². The van der Waals surface area contributed by atoms with Gasteiger partial charge in [-0.25, -0.2) is 0 Å². The molecule has 146 valence electrons. The molecule has 0 unspecified atom stereocenters. The van der Waals surface area contributed by atoms with Crippen LogP contribution in [-0.2, 0) is 20.1 Å². The zero-order chi connectivity index (χ0) is 19.9. The summed E-state index contributed by atoms with van der Waals surface area (Å²) in [6.45, 7) is 2.53. The molecule has 0 atom stereocenters. The number of carbonyl (C=O) groups excluding carboxylic acids is 2. The molecule has 1 spiro atoms. The van der Waals surface area contributed by atoms with Crippen LogP contribution >= 0.6 is 23.2 Å². The van der Waals surface area contributed by atoms with Crippen molar-refractivity contribution in [3.05, 3.63) is 57.6 Å². The van der Waals surface area contributed by atoms with Gasteiger partial charge in [0, 0.05) is 5.56 Å². The number of Topliss-reactive ketones (excluding diaryl/α,β-unsaturated/α-hetero) is 1. The van der Waals surface area contributed by atoms with Gasteiger partial charge in [-0.2, -0.15) is 0 Å². The van der Waals surface area contributed by atoms with Crippen LogP contribution in [0.4, 0.5) is 5.69 Å². The molecule has 0 bridgehead atoms. The molecule has 28 heavy (non-hydrogen) atoms. The van der Waals surface area contributed by atoms with E-state index in [1.54, 1.807) is 36.4 Å². The van der Waals surface area contributed by atoms with Crippen molar-refractivity contribution in [2.24, 2.45) is 0 Å². The predicted molar refractivity (Wildman–Crippen MR) is 104 cm³/mol. The first-order chi connectivity index (χ1) is 13.4. The van der Waals surface area contributed by atoms with Crippen molar-refractivity contribution in [1.29, 1.82) is 0 Å². The topological polar surface area (TPSA) is 65.1 Å². The molecule has 0 saturated carbocycles. The number of rotatable bonds is 5. The Kier molecular flexibility index (Phi) is 5.05. The van der Waals surface area contributed by atoms with Gasteiger partial charge < -0.3 is 19.1 Å². The van der Waals surface area contributed by atoms with Crippen LogP contribution in [0.5, 0.6) is 5.75 Å². The molecule has 0 N–H and O–H groups in total. The van der Waals surface area contributed by atoms with Crippen LogP contribution in [-0.4, -0.2) is 38.1 Å². The quantitative estimate of drug-likeness (QED) is 0.686. The SMILES string of the molecule is CC(=O)c1ccc(OCCN2C(=O)C3(OCCO3)c3c(Cl)ccc(Cl)c32)cc1. The molecule has 1 amide bonds. The van der Waals surface area contributed by atoms with Crippen molar-refractivity contribution in [1.82, 2.24) is 0 Å². The fraction of sp³-hybridized carbons (Fsp3) is 0.300. The smallest absolute Gasteiger partial charge is 0.292 e. The number of ketones is 1. The summed E-state index contributed by atoms with van der Waals surface area (Å²) in [4.78, 5) is 26.0. The maximum atomic E-state index is 13.1. The molecule has 2 heterocycles. The van der Waals surface area contributed by atoms with Crippen LogP contribution in [0.1, 0.15) is 22.8 Å². The van der Waals surface area contributed by atoms with Crippen molar-refractivity contribution < 1.29 is 23.8 Å². The highest BCUT2D eigenvalue weighted by molar-refractivity contribution is 6.38. The van der Waals surface area contributed by atoms with E-state index < -0.39 is 5.79 Å². The summed E-state index contributed by atoms with van der Waals surface area (Å²) in [6, 6.07) is 10.1. The van der Waals surface area contributed by atoms with Gasteiger partial charge in [-0.15, -0.1) is 0 Å². The molecule has 2 aromatic rings. The lowest BCUT2D eigenvalue weighted by Gasteiger charge is -2.22. The third-order valence-corrected chi connectivity index (χ3v) is 5.36. The number of anilines is 1. The highest BCUT2D eigenvalue weighted by Gasteiger charge is 2.57. The molecular formula is C20H17Cl2NO5. The van der Waals surface area contributed by atoms with Crippen molar-refractivity contribution in [3.63, 3.8) is 0 Å². The number of amides is 1. The number of halogens is 2. The largest absolute Gasteiger partial charge is 0.492 e. The number of carbonyl (C=O) groups is 2. The van der Waals surface area contributed by atoms with Crippen molar-refractivity contribution >= 4 is 40.6 Å². The molecular weight excluding hydrogens is 405 g/mol. The Bertz CT molecular complexity index is 938. The Hall–Kier alpha value is -2.12. The van der Waals surface area contributed by atoms with Crippen LogP contribution in [0, 0.1) is 0 Å². The first kappa shape index (κ1) is 19.2. The summed E-state index contributed by atoms with van der Waals surface area (Å²) in [5, 5.41) is 0.743. The minimum Gasteiger partial charge on any atom is -0.492 e. The van der Waals surface area contributed by atoms with Gasteiger partial charge in [0.25, 0.3) is 11.7 Å². The van der Waals surface area contributed by atoms with Gasteiger partial charge in [-0.05, 0) is 43.3 Å². The lowest BCUT2D eigenvalue weighted by atomic mass is 10.1. The molecule has 8 heteroatoms. The molecule has 0 radical (unpaired) electrons. The Morgan fingerprint density at radius 1 is 1.11 bits per heavy atom. The van der Waals surface area contributed by atoms with Crippen molar-refractivity contribution in [3.8, 4) is 5.75 Å². The first-order valence-electron chi connectivity index (χ1n) is 8.76. The Morgan fingerprint density at radius 2 is 1.75 bits per heavy atom. The van der Waals surface area contributed by atoms with Crippen molar-refractivity contribution in [2.45, 2.75) is 12.7 Å². The average molecular weight is 422 g/mol. The fourth-order valence-electron chi connectivity index (χ4n) is 3.44. The van der Waals surface area contributed by atoms with Crippen LogP contribution in [0.25, 0.3) is 0 Å². The second-order valence-corrected chi connectivity index (χ2v) is 7.27. The minimum absolute atomic E-state index is 0.0146. The Labute approximate surface area is 171 Å². The summed E-state index contributed by atoms with van der Waals surface area (Å²) in [5.41, 5.74) is 1.53. The van der Waals surface area contributed by atoms with Gasteiger partial charge >= 0.3 is 0 Å². The van der Waals surface area contributed by atoms with Crippen LogP contribution < -0.4 is 9.64 Å². The van der Waals surface area contributed by atoms with Gasteiger partial charge in [0.05, 0.1) is 41.1 Å². The number of nitrogens with zero attached hydrogens (tertiary/aromatic N) is 1. The van der Waals surface area contributed by atoms with E-state index in [9.17, 15) is 9.59 Å². The molecule has 2 aliphatic heterocycles. The highest BCUT2D eigenvalue weighted by Crippen LogP contribution is 2.51. The second kappa shape index (κ2) is 7.37. The zero-order valence-corrected chi connectivity index (χ0v) is 16.5. The van der Waals surface area contributed by atoms with Gasteiger partial charge in [0.2, 0.25) is 0 Å². The third kappa shape index (κ3) is 3.06. The zero-order valence-electron chi connectivity index (χ0n) is 15.0. The lowest BCUT2D eigenvalue weighted by molar-refractivity contribution is -0.180. The molecule has 1 saturated heterocycles. The number of hydrogen-bond acceptors (Lipinski definition) is 5. The Morgan fingerprint density at radius 3 is 2.39 bits per heavy atom. The number of fused-ring (bicyclic) bond motifs is 2. The van der Waals surface area contributed by atoms with Crippen LogP contribution in [0.2, 0.25) is 10.0 Å². The number of hydrogen-bond donors (Lipinski definition) is 0. The van der Waals surface area contributed by atoms with E-state index in [4.69, 9.17) is 37.4 Å². The van der Waals surface area contributed by atoms with Gasteiger partial charge in [0.1, 0.15) is 12.4 Å². The maximum Gasteiger partial charge on any atom is 0.292 e. The maximum absolute atomic E-state index is 13.1. The monoisotopic (exact) mass is 421 g/mol. The summed E-state index contributed by atoms with van der Waals surface area (Å²) < 4.78 is 17.1. The van der Waals surface area contributed by atoms with E-state index in [0.717, 1.165) is 0 Å². The minimum atomic E-state index is -1.54. The molecule has 2 aliphatic rings. The first-order valence-corrected chi connectivity index (χ1v) is 9.52. The van der Waals surface area contributed by atoms with E-state index in [2.05, 4.69) is 0 Å². The molecule has 6 nitrogen and oxygen atoms in total. The van der Waals surface area contributed by atoms with E-state index >= 15 is 0 Å². The average Bonchev–Trinajstić information content (AvgIpc) is 3.26. The third-order valence-electron chi connectivity index (χ3n) is 4.74. The number of ether oxygens (including phenoxy) is 3. The summed E-state index contributed by atoms with van der Waals surface area (Å²) in [5.74, 6) is -1.33. The highest BCUT2D eigenvalue weighted by atomic mass is 35.5. The van der Waals surface area contributed by atoms with Gasteiger partial charge in [-0.1, -0.05) is 23.2 Å². The standard InChI is InChI=1S/C20H17Cl2NO5/c1-12(24)13-2-4-14(5-3-13)26-9-8-23-18-16(22)7-6-15(21)17(18)20(19(23)25)27-10-11-28-20/h2-7H,8-11H2,1H3. The molecule has 0 aromatic heterocycles. The molecule has 2 aromatic carbocycles. The number of benzene rings is 2. The van der Waals surface area contributed by atoms with Gasteiger partial charge in [-0.3, -0.25) is 9.59 Å². The predicted octanol–water partition coefficient (Wildman–Crippen LogP) is 3.82. The molecule has 4 rings (SSSR count). The van der Waals surface area contributed by atoms with E-state index in [-0.39, 0.29) is 24.8 Å². The lowest BCUT2D eigenvalue weighted by Crippen LogP contribution is -2.42. The van der Waals surface area contributed by atoms with E-state index in [1.807, 2.05) is 0 Å². The van der Waals surface area contributed by atoms with E-state index in [0.29, 0.717) is 45.8 Å². The summed E-state index contributed by atoms with van der Waals surface area (Å²) >= 11 is 12.7. The normalized spacial score (nSPS) is 17.2.